The van der Waals surface area contributed by atoms with Crippen LogP contribution in [0, 0.1) is 0 Å². The molecule has 0 saturated carbocycles. The highest BCUT2D eigenvalue weighted by atomic mass is 16.5. The molecule has 0 spiro atoms. The van der Waals surface area contributed by atoms with Crippen LogP contribution in [0.4, 0.5) is 17.1 Å². The van der Waals surface area contributed by atoms with Crippen molar-refractivity contribution in [1.29, 1.82) is 0 Å². The first-order valence-corrected chi connectivity index (χ1v) is 8.89. The molecule has 0 aliphatic carbocycles. The molecule has 2 aromatic rings. The average molecular weight is 395 g/mol. The van der Waals surface area contributed by atoms with Crippen LogP contribution in [0.5, 0.6) is 5.75 Å². The van der Waals surface area contributed by atoms with Crippen LogP contribution in [0.3, 0.4) is 0 Å². The van der Waals surface area contributed by atoms with Gasteiger partial charge in [0, 0.05) is 13.0 Å². The highest BCUT2D eigenvalue weighted by Gasteiger charge is 2.31. The molecule has 1 unspecified atom stereocenters. The van der Waals surface area contributed by atoms with E-state index in [1.54, 1.807) is 49.4 Å². The summed E-state index contributed by atoms with van der Waals surface area (Å²) in [6, 6.07) is 13.0. The quantitative estimate of drug-likeness (QED) is 0.716. The molecule has 0 aromatic heterocycles. The van der Waals surface area contributed by atoms with Gasteiger partial charge in [-0.1, -0.05) is 18.2 Å². The highest BCUT2D eigenvalue weighted by molar-refractivity contribution is 6.43. The molecule has 1 aliphatic rings. The van der Waals surface area contributed by atoms with Crippen LogP contribution in [0.25, 0.3) is 0 Å². The van der Waals surface area contributed by atoms with Crippen LogP contribution >= 0.6 is 0 Å². The van der Waals surface area contributed by atoms with Crippen molar-refractivity contribution in [3.8, 4) is 5.75 Å². The van der Waals surface area contributed by atoms with Gasteiger partial charge in [0.25, 0.3) is 11.8 Å². The Morgan fingerprint density at radius 2 is 1.83 bits per heavy atom. The van der Waals surface area contributed by atoms with E-state index in [0.717, 1.165) is 0 Å². The number of nitrogens with zero attached hydrogens (tertiary/aromatic N) is 2. The Kier molecular flexibility index (Phi) is 5.77. The minimum absolute atomic E-state index is 0.0300. The summed E-state index contributed by atoms with van der Waals surface area (Å²) in [5.74, 6) is -0.661. The third-order valence-electron chi connectivity index (χ3n) is 4.13. The van der Waals surface area contributed by atoms with Gasteiger partial charge in [-0.25, -0.2) is 10.0 Å². The number of benzene rings is 2. The van der Waals surface area contributed by atoms with Crippen molar-refractivity contribution in [3.05, 3.63) is 48.5 Å². The van der Waals surface area contributed by atoms with Crippen LogP contribution < -0.4 is 25.8 Å². The Hall–Kier alpha value is -3.88. The lowest BCUT2D eigenvalue weighted by molar-refractivity contribution is -0.120. The van der Waals surface area contributed by atoms with Crippen molar-refractivity contribution in [2.75, 3.05) is 22.8 Å². The van der Waals surface area contributed by atoms with Gasteiger partial charge >= 0.3 is 0 Å². The van der Waals surface area contributed by atoms with Crippen LogP contribution in [0.1, 0.15) is 13.8 Å². The molecule has 9 nitrogen and oxygen atoms in total. The van der Waals surface area contributed by atoms with Gasteiger partial charge in [-0.05, 0) is 31.2 Å². The Morgan fingerprint density at radius 1 is 1.10 bits per heavy atom. The number of amidine groups is 1. The van der Waals surface area contributed by atoms with E-state index in [4.69, 9.17) is 4.74 Å². The van der Waals surface area contributed by atoms with Crippen LogP contribution in [-0.2, 0) is 14.4 Å². The minimum atomic E-state index is -0.739. The molecule has 9 heteroatoms. The number of rotatable bonds is 5. The number of para-hydroxylation sites is 1. The molecule has 3 rings (SSSR count). The Bertz CT molecular complexity index is 974. The summed E-state index contributed by atoms with van der Waals surface area (Å²) in [6.07, 6.45) is 0. The number of hydrogen-bond donors (Lipinski definition) is 3. The van der Waals surface area contributed by atoms with Crippen molar-refractivity contribution in [3.63, 3.8) is 0 Å². The minimum Gasteiger partial charge on any atom is -0.497 e. The summed E-state index contributed by atoms with van der Waals surface area (Å²) in [5.41, 5.74) is 4.10. The molecule has 29 heavy (non-hydrogen) atoms. The van der Waals surface area contributed by atoms with Gasteiger partial charge in [-0.15, -0.1) is 0 Å². The summed E-state index contributed by atoms with van der Waals surface area (Å²) >= 11 is 0. The molecule has 1 heterocycles. The van der Waals surface area contributed by atoms with Crippen LogP contribution in [0.15, 0.2) is 53.5 Å². The number of methoxy groups -OCH3 is 1. The van der Waals surface area contributed by atoms with E-state index in [1.807, 2.05) is 6.07 Å². The Labute approximate surface area is 167 Å². The van der Waals surface area contributed by atoms with E-state index < -0.39 is 11.9 Å². The second-order valence-corrected chi connectivity index (χ2v) is 6.32. The molecule has 3 amide bonds. The van der Waals surface area contributed by atoms with Crippen LogP contribution in [0.2, 0.25) is 0 Å². The fourth-order valence-corrected chi connectivity index (χ4v) is 2.74. The van der Waals surface area contributed by atoms with Gasteiger partial charge in [-0.3, -0.25) is 19.8 Å². The molecule has 0 fully saturated rings. The largest absolute Gasteiger partial charge is 0.497 e. The number of hydrazine groups is 1. The predicted octanol–water partition coefficient (Wildman–Crippen LogP) is 1.93. The number of aliphatic imine (C=N–C) groups is 1. The first kappa shape index (κ1) is 19.9. The van der Waals surface area contributed by atoms with Crippen molar-refractivity contribution < 1.29 is 19.1 Å². The third-order valence-corrected chi connectivity index (χ3v) is 4.13. The van der Waals surface area contributed by atoms with E-state index >= 15 is 0 Å². The SMILES string of the molecule is COc1ccc(NC(C)=O)c(NC(=O)C2=NC(C)C(=O)N(c3ccccc3)N2)c1. The molecule has 0 bridgehead atoms. The maximum absolute atomic E-state index is 12.8. The maximum Gasteiger partial charge on any atom is 0.292 e. The Balaban J connectivity index is 1.86. The summed E-state index contributed by atoms with van der Waals surface area (Å²) in [5, 5.41) is 6.64. The van der Waals surface area contributed by atoms with Gasteiger partial charge in [0.1, 0.15) is 11.8 Å². The maximum atomic E-state index is 12.8. The summed E-state index contributed by atoms with van der Waals surface area (Å²) in [7, 11) is 1.50. The number of amides is 3. The zero-order valence-electron chi connectivity index (χ0n) is 16.2. The monoisotopic (exact) mass is 395 g/mol. The Morgan fingerprint density at radius 3 is 2.48 bits per heavy atom. The van der Waals surface area contributed by atoms with E-state index in [9.17, 15) is 14.4 Å². The van der Waals surface area contributed by atoms with Gasteiger partial charge in [-0.2, -0.15) is 0 Å². The van der Waals surface area contributed by atoms with Crippen molar-refractivity contribution in [1.82, 2.24) is 5.43 Å². The van der Waals surface area contributed by atoms with E-state index in [0.29, 0.717) is 22.8 Å². The van der Waals surface area contributed by atoms with E-state index in [-0.39, 0.29) is 17.6 Å². The predicted molar refractivity (Wildman–Crippen MR) is 110 cm³/mol. The number of anilines is 3. The lowest BCUT2D eigenvalue weighted by Gasteiger charge is -2.30. The van der Waals surface area contributed by atoms with E-state index in [2.05, 4.69) is 21.1 Å². The third kappa shape index (κ3) is 4.52. The number of hydrogen-bond acceptors (Lipinski definition) is 6. The molecule has 0 saturated heterocycles. The number of carbonyl (C=O) groups excluding carboxylic acids is 3. The van der Waals surface area contributed by atoms with Gasteiger partial charge in [0.05, 0.1) is 24.2 Å². The number of nitrogens with one attached hydrogen (secondary N) is 3. The standard InChI is InChI=1S/C20H21N5O4/c1-12-20(28)25(14-7-5-4-6-8-14)24-18(21-12)19(27)23-17-11-15(29-3)9-10-16(17)22-13(2)26/h4-12H,1-3H3,(H,21,24)(H,22,26)(H,23,27). The molecular formula is C20H21N5O4. The smallest absolute Gasteiger partial charge is 0.292 e. The fraction of sp³-hybridized carbons (Fsp3) is 0.200. The molecule has 1 atom stereocenters. The summed E-state index contributed by atoms with van der Waals surface area (Å²) < 4.78 is 5.19. The first-order chi connectivity index (χ1) is 13.9. The molecule has 1 aliphatic heterocycles. The van der Waals surface area contributed by atoms with Crippen LogP contribution in [-0.4, -0.2) is 36.7 Å². The highest BCUT2D eigenvalue weighted by Crippen LogP contribution is 2.27. The topological polar surface area (TPSA) is 112 Å². The first-order valence-electron chi connectivity index (χ1n) is 8.89. The van der Waals surface area contributed by atoms with Gasteiger partial charge < -0.3 is 15.4 Å². The van der Waals surface area contributed by atoms with Crippen molar-refractivity contribution in [2.24, 2.45) is 4.99 Å². The zero-order valence-corrected chi connectivity index (χ0v) is 16.2. The summed E-state index contributed by atoms with van der Waals surface area (Å²) in [6.45, 7) is 2.98. The van der Waals surface area contributed by atoms with Crippen molar-refractivity contribution >= 4 is 40.6 Å². The van der Waals surface area contributed by atoms with Gasteiger partial charge in [0.2, 0.25) is 11.7 Å². The second-order valence-electron chi connectivity index (χ2n) is 6.32. The zero-order chi connectivity index (χ0) is 21.0. The lowest BCUT2D eigenvalue weighted by Crippen LogP contribution is -2.57. The lowest BCUT2D eigenvalue weighted by atomic mass is 10.2. The average Bonchev–Trinajstić information content (AvgIpc) is 2.71. The van der Waals surface area contributed by atoms with Gasteiger partial charge in [0.15, 0.2) is 0 Å². The fourth-order valence-electron chi connectivity index (χ4n) is 2.74. The van der Waals surface area contributed by atoms with E-state index in [1.165, 1.54) is 19.0 Å². The molecular weight excluding hydrogens is 374 g/mol. The normalized spacial score (nSPS) is 15.8. The molecule has 0 radical (unpaired) electrons. The molecule has 150 valence electrons. The van der Waals surface area contributed by atoms with Crippen molar-refractivity contribution in [2.45, 2.75) is 19.9 Å². The molecule has 3 N–H and O–H groups in total. The number of ether oxygens (including phenoxy) is 1. The number of carbonyl (C=O) groups is 3. The molecule has 2 aromatic carbocycles. The second kappa shape index (κ2) is 8.42. The summed E-state index contributed by atoms with van der Waals surface area (Å²) in [4.78, 5) is 40.9.